The van der Waals surface area contributed by atoms with Gasteiger partial charge in [0.15, 0.2) is 0 Å². The summed E-state index contributed by atoms with van der Waals surface area (Å²) in [6, 6.07) is 0. The van der Waals surface area contributed by atoms with Gasteiger partial charge in [-0.2, -0.15) is 0 Å². The van der Waals surface area contributed by atoms with Crippen LogP contribution in [0, 0.1) is 11.3 Å². The van der Waals surface area contributed by atoms with Crippen molar-refractivity contribution in [2.75, 3.05) is 26.7 Å². The van der Waals surface area contributed by atoms with Crippen molar-refractivity contribution in [3.05, 3.63) is 0 Å². The monoisotopic (exact) mass is 298 g/mol. The van der Waals surface area contributed by atoms with Crippen LogP contribution >= 0.6 is 0 Å². The lowest BCUT2D eigenvalue weighted by atomic mass is 9.79. The van der Waals surface area contributed by atoms with Gasteiger partial charge in [-0.1, -0.05) is 13.8 Å². The number of carboxylic acids is 1. The van der Waals surface area contributed by atoms with Crippen molar-refractivity contribution in [2.45, 2.75) is 52.4 Å². The van der Waals surface area contributed by atoms with E-state index in [2.05, 4.69) is 17.3 Å². The zero-order chi connectivity index (χ0) is 15.9. The quantitative estimate of drug-likeness (QED) is 0.720. The second kappa shape index (κ2) is 8.37. The highest BCUT2D eigenvalue weighted by Gasteiger charge is 2.37. The molecule has 1 heterocycles. The first-order valence-electron chi connectivity index (χ1n) is 8.12. The molecule has 1 rings (SSSR count). The Morgan fingerprint density at radius 1 is 1.24 bits per heavy atom. The van der Waals surface area contributed by atoms with Gasteiger partial charge in [-0.3, -0.25) is 9.59 Å². The second-order valence-corrected chi connectivity index (χ2v) is 6.35. The minimum Gasteiger partial charge on any atom is -0.481 e. The van der Waals surface area contributed by atoms with Crippen LogP contribution in [-0.2, 0) is 9.59 Å². The first kappa shape index (κ1) is 18.0. The summed E-state index contributed by atoms with van der Waals surface area (Å²) in [7, 11) is 2.14. The molecule has 1 aliphatic rings. The fourth-order valence-corrected chi connectivity index (χ4v) is 3.01. The molecule has 1 amide bonds. The van der Waals surface area contributed by atoms with E-state index in [0.717, 1.165) is 19.5 Å². The second-order valence-electron chi connectivity index (χ2n) is 6.35. The zero-order valence-electron chi connectivity index (χ0n) is 13.7. The zero-order valence-corrected chi connectivity index (χ0v) is 13.7. The third-order valence-corrected chi connectivity index (χ3v) is 5.02. The van der Waals surface area contributed by atoms with Gasteiger partial charge in [-0.05, 0) is 58.2 Å². The van der Waals surface area contributed by atoms with Gasteiger partial charge in [0.25, 0.3) is 0 Å². The molecule has 21 heavy (non-hydrogen) atoms. The van der Waals surface area contributed by atoms with Crippen LogP contribution in [0.4, 0.5) is 0 Å². The number of rotatable bonds is 8. The lowest BCUT2D eigenvalue weighted by Gasteiger charge is -2.29. The summed E-state index contributed by atoms with van der Waals surface area (Å²) in [4.78, 5) is 25.7. The molecule has 0 aromatic heterocycles. The molecule has 0 spiro atoms. The molecule has 1 fully saturated rings. The number of nitrogens with zero attached hydrogens (tertiary/aromatic N) is 1. The summed E-state index contributed by atoms with van der Waals surface area (Å²) in [5, 5.41) is 12.2. The Balaban J connectivity index is 2.32. The third-order valence-electron chi connectivity index (χ3n) is 5.02. The van der Waals surface area contributed by atoms with Gasteiger partial charge in [0.2, 0.25) is 5.91 Å². The molecule has 5 nitrogen and oxygen atoms in total. The number of aliphatic carboxylic acids is 1. The Morgan fingerprint density at radius 2 is 1.81 bits per heavy atom. The van der Waals surface area contributed by atoms with Crippen molar-refractivity contribution in [1.82, 2.24) is 10.2 Å². The van der Waals surface area contributed by atoms with Crippen molar-refractivity contribution in [2.24, 2.45) is 11.3 Å². The lowest BCUT2D eigenvalue weighted by molar-refractivity contribution is -0.152. The van der Waals surface area contributed by atoms with Gasteiger partial charge in [0.05, 0.1) is 5.41 Å². The SMILES string of the molecule is CCC(CC)(CC(=O)NCCC1CCN(C)CC1)C(=O)O. The molecular weight excluding hydrogens is 268 g/mol. The Bertz CT molecular complexity index is 345. The van der Waals surface area contributed by atoms with Crippen molar-refractivity contribution in [3.8, 4) is 0 Å². The van der Waals surface area contributed by atoms with Crippen molar-refractivity contribution in [3.63, 3.8) is 0 Å². The minimum atomic E-state index is -0.905. The number of carboxylic acid groups (broad SMARTS) is 1. The lowest BCUT2D eigenvalue weighted by Crippen LogP contribution is -2.38. The average Bonchev–Trinajstić information content (AvgIpc) is 2.46. The molecule has 0 aromatic rings. The molecular formula is C16H30N2O3. The van der Waals surface area contributed by atoms with E-state index in [4.69, 9.17) is 0 Å². The van der Waals surface area contributed by atoms with Gasteiger partial charge < -0.3 is 15.3 Å². The van der Waals surface area contributed by atoms with Gasteiger partial charge in [-0.25, -0.2) is 0 Å². The van der Waals surface area contributed by atoms with E-state index in [0.29, 0.717) is 25.3 Å². The van der Waals surface area contributed by atoms with E-state index in [1.807, 2.05) is 13.8 Å². The first-order valence-corrected chi connectivity index (χ1v) is 8.12. The van der Waals surface area contributed by atoms with Gasteiger partial charge in [0.1, 0.15) is 0 Å². The topological polar surface area (TPSA) is 69.6 Å². The summed E-state index contributed by atoms with van der Waals surface area (Å²) >= 11 is 0. The maximum atomic E-state index is 12.0. The van der Waals surface area contributed by atoms with Crippen LogP contribution in [0.15, 0.2) is 0 Å². The van der Waals surface area contributed by atoms with Crippen molar-refractivity contribution < 1.29 is 14.7 Å². The number of hydrogen-bond acceptors (Lipinski definition) is 3. The highest BCUT2D eigenvalue weighted by Crippen LogP contribution is 2.30. The summed E-state index contributed by atoms with van der Waals surface area (Å²) in [5.41, 5.74) is -0.905. The van der Waals surface area contributed by atoms with Gasteiger partial charge in [0, 0.05) is 13.0 Å². The van der Waals surface area contributed by atoms with Crippen molar-refractivity contribution in [1.29, 1.82) is 0 Å². The fourth-order valence-electron chi connectivity index (χ4n) is 3.01. The predicted molar refractivity (Wildman–Crippen MR) is 83.1 cm³/mol. The molecule has 122 valence electrons. The van der Waals surface area contributed by atoms with Crippen molar-refractivity contribution >= 4 is 11.9 Å². The van der Waals surface area contributed by atoms with E-state index < -0.39 is 11.4 Å². The molecule has 2 N–H and O–H groups in total. The molecule has 0 aliphatic carbocycles. The number of likely N-dealkylation sites (tertiary alicyclic amines) is 1. The molecule has 0 aromatic carbocycles. The summed E-state index contributed by atoms with van der Waals surface area (Å²) in [6.45, 7) is 6.60. The Kier molecular flexibility index (Phi) is 7.15. The van der Waals surface area contributed by atoms with E-state index in [1.165, 1.54) is 12.8 Å². The Morgan fingerprint density at radius 3 is 2.29 bits per heavy atom. The van der Waals surface area contributed by atoms with Gasteiger partial charge >= 0.3 is 5.97 Å². The number of piperidine rings is 1. The maximum absolute atomic E-state index is 12.0. The van der Waals surface area contributed by atoms with Crippen LogP contribution in [0.2, 0.25) is 0 Å². The average molecular weight is 298 g/mol. The van der Waals surface area contributed by atoms with Gasteiger partial charge in [-0.15, -0.1) is 0 Å². The fraction of sp³-hybridized carbons (Fsp3) is 0.875. The number of amides is 1. The Labute approximate surface area is 128 Å². The highest BCUT2D eigenvalue weighted by molar-refractivity contribution is 5.84. The van der Waals surface area contributed by atoms with Crippen LogP contribution < -0.4 is 5.32 Å². The van der Waals surface area contributed by atoms with E-state index in [1.54, 1.807) is 0 Å². The van der Waals surface area contributed by atoms with Crippen LogP contribution in [0.3, 0.4) is 0 Å². The van der Waals surface area contributed by atoms with E-state index in [9.17, 15) is 14.7 Å². The molecule has 5 heteroatoms. The smallest absolute Gasteiger partial charge is 0.310 e. The molecule has 1 saturated heterocycles. The minimum absolute atomic E-state index is 0.0860. The number of hydrogen-bond donors (Lipinski definition) is 2. The third kappa shape index (κ3) is 5.30. The molecule has 0 atom stereocenters. The summed E-state index contributed by atoms with van der Waals surface area (Å²) in [6.07, 6.45) is 4.44. The standard InChI is InChI=1S/C16H30N2O3/c1-4-16(5-2,15(20)21)12-14(19)17-9-6-13-7-10-18(3)11-8-13/h13H,4-12H2,1-3H3,(H,17,19)(H,20,21). The summed E-state index contributed by atoms with van der Waals surface area (Å²) in [5.74, 6) is -0.310. The van der Waals surface area contributed by atoms with Crippen LogP contribution in [-0.4, -0.2) is 48.6 Å². The van der Waals surface area contributed by atoms with Crippen LogP contribution in [0.5, 0.6) is 0 Å². The predicted octanol–water partition coefficient (Wildman–Crippen LogP) is 2.12. The number of nitrogens with one attached hydrogen (secondary N) is 1. The van der Waals surface area contributed by atoms with Crippen LogP contribution in [0.25, 0.3) is 0 Å². The molecule has 0 saturated carbocycles. The highest BCUT2D eigenvalue weighted by atomic mass is 16.4. The first-order chi connectivity index (χ1) is 9.93. The Hall–Kier alpha value is -1.10. The molecule has 0 bridgehead atoms. The normalized spacial score (nSPS) is 17.7. The maximum Gasteiger partial charge on any atom is 0.310 e. The van der Waals surface area contributed by atoms with Crippen LogP contribution in [0.1, 0.15) is 52.4 Å². The largest absolute Gasteiger partial charge is 0.481 e. The molecule has 0 unspecified atom stereocenters. The molecule has 1 aliphatic heterocycles. The summed E-state index contributed by atoms with van der Waals surface area (Å²) < 4.78 is 0. The van der Waals surface area contributed by atoms with E-state index in [-0.39, 0.29) is 12.3 Å². The van der Waals surface area contributed by atoms with E-state index >= 15 is 0 Å². The molecule has 0 radical (unpaired) electrons. The number of carbonyl (C=O) groups excluding carboxylic acids is 1. The number of carbonyl (C=O) groups is 2.